The minimum atomic E-state index is -4.80. The van der Waals surface area contributed by atoms with Gasteiger partial charge in [0, 0.05) is 0 Å². The molecule has 62 valence electrons. The molecule has 0 rings (SSSR count). The van der Waals surface area contributed by atoms with Gasteiger partial charge in [0.05, 0.1) is 0 Å². The second kappa shape index (κ2) is 3.30. The summed E-state index contributed by atoms with van der Waals surface area (Å²) in [5.41, 5.74) is 0. The van der Waals surface area contributed by atoms with Crippen LogP contribution in [-0.4, -0.2) is 44.7 Å². The molecule has 0 fully saturated rings. The minimum absolute atomic E-state index is 0.679. The maximum atomic E-state index is 10.1. The Balaban J connectivity index is 3.79. The monoisotopic (exact) mass is 278 g/mol. The summed E-state index contributed by atoms with van der Waals surface area (Å²) in [7, 11) is 0. The van der Waals surface area contributed by atoms with Gasteiger partial charge in [-0.1, -0.05) is 0 Å². The Kier molecular flexibility index (Phi) is 3.49. The van der Waals surface area contributed by atoms with Crippen molar-refractivity contribution < 1.29 is 23.9 Å². The van der Waals surface area contributed by atoms with Crippen LogP contribution >= 0.6 is 0 Å². The van der Waals surface area contributed by atoms with E-state index in [9.17, 15) is 7.48 Å². The standard InChI is InChI=1S/C2H8As2O6/c5-3(6,7)1-2-4(8,9)10/h1-2H2,(H2,5,6,7)(H2,8,9,10). The fourth-order valence-corrected chi connectivity index (χ4v) is 7.03. The Labute approximate surface area is 62.9 Å². The third-order valence-electron chi connectivity index (χ3n) is 0.683. The predicted octanol–water partition coefficient (Wildman–Crippen LogP) is -2.31. The van der Waals surface area contributed by atoms with Crippen molar-refractivity contribution in [1.82, 2.24) is 0 Å². The number of hydrogen-bond acceptors (Lipinski definition) is 2. The van der Waals surface area contributed by atoms with Crippen LogP contribution in [0.1, 0.15) is 0 Å². The van der Waals surface area contributed by atoms with Crippen molar-refractivity contribution in [2.45, 2.75) is 10.4 Å². The average molecular weight is 278 g/mol. The molecule has 0 aliphatic carbocycles. The molecule has 0 heterocycles. The summed E-state index contributed by atoms with van der Waals surface area (Å²) in [6, 6.07) is 0. The molecule has 0 bridgehead atoms. The molecule has 0 radical (unpaired) electrons. The summed E-state index contributed by atoms with van der Waals surface area (Å²) in [6.07, 6.45) is 0. The molecule has 0 atom stereocenters. The van der Waals surface area contributed by atoms with Crippen molar-refractivity contribution >= 4 is 28.3 Å². The van der Waals surface area contributed by atoms with Crippen LogP contribution in [-0.2, 0) is 7.48 Å². The third-order valence-corrected chi connectivity index (χ3v) is 5.73. The van der Waals surface area contributed by atoms with Gasteiger partial charge >= 0.3 is 62.6 Å². The van der Waals surface area contributed by atoms with Crippen LogP contribution < -0.4 is 0 Å². The maximum absolute atomic E-state index is 10.1. The Bertz CT molecular complexity index is 164. The molecule has 0 aliphatic rings. The van der Waals surface area contributed by atoms with Crippen LogP contribution in [0.25, 0.3) is 0 Å². The number of rotatable bonds is 3. The Morgan fingerprint density at radius 1 is 0.800 bits per heavy atom. The zero-order valence-corrected chi connectivity index (χ0v) is 8.67. The van der Waals surface area contributed by atoms with Gasteiger partial charge in [-0.2, -0.15) is 0 Å². The molecule has 0 spiro atoms. The molecule has 0 amide bonds. The van der Waals surface area contributed by atoms with Crippen LogP contribution in [0.2, 0.25) is 10.4 Å². The van der Waals surface area contributed by atoms with E-state index in [-0.39, 0.29) is 0 Å². The SMILES string of the molecule is O=[As](O)(O)CC[As](=O)(O)O. The first-order valence-corrected chi connectivity index (χ1v) is 9.84. The molecule has 10 heavy (non-hydrogen) atoms. The van der Waals surface area contributed by atoms with Gasteiger partial charge in [0.2, 0.25) is 0 Å². The van der Waals surface area contributed by atoms with Crippen LogP contribution in [0.3, 0.4) is 0 Å². The number of hydrogen-bond donors (Lipinski definition) is 4. The van der Waals surface area contributed by atoms with Crippen molar-refractivity contribution in [3.05, 3.63) is 0 Å². The normalized spacial score (nSPS) is 13.6. The third kappa shape index (κ3) is 8.56. The summed E-state index contributed by atoms with van der Waals surface area (Å²) >= 11 is -9.59. The quantitative estimate of drug-likeness (QED) is 0.431. The van der Waals surface area contributed by atoms with Gasteiger partial charge in [0.25, 0.3) is 0 Å². The van der Waals surface area contributed by atoms with Gasteiger partial charge < -0.3 is 0 Å². The van der Waals surface area contributed by atoms with Gasteiger partial charge in [-0.25, -0.2) is 0 Å². The van der Waals surface area contributed by atoms with Crippen molar-refractivity contribution in [3.8, 4) is 0 Å². The van der Waals surface area contributed by atoms with Crippen LogP contribution in [0.5, 0.6) is 0 Å². The van der Waals surface area contributed by atoms with Crippen molar-refractivity contribution in [2.24, 2.45) is 0 Å². The van der Waals surface area contributed by atoms with Crippen molar-refractivity contribution in [1.29, 1.82) is 0 Å². The topological polar surface area (TPSA) is 115 Å². The van der Waals surface area contributed by atoms with E-state index in [1.807, 2.05) is 0 Å². The van der Waals surface area contributed by atoms with Crippen LogP contribution in [0, 0.1) is 0 Å². The fourth-order valence-electron chi connectivity index (χ4n) is 0.261. The van der Waals surface area contributed by atoms with Crippen molar-refractivity contribution in [3.63, 3.8) is 0 Å². The summed E-state index contributed by atoms with van der Waals surface area (Å²) in [4.78, 5) is 0. The summed E-state index contributed by atoms with van der Waals surface area (Å²) < 4.78 is 53.1. The molecule has 8 heteroatoms. The molecule has 0 aliphatic heterocycles. The molecule has 0 aromatic rings. The van der Waals surface area contributed by atoms with Gasteiger partial charge in [0.1, 0.15) is 0 Å². The van der Waals surface area contributed by atoms with E-state index in [4.69, 9.17) is 16.4 Å². The molecule has 0 saturated heterocycles. The second-order valence-electron chi connectivity index (χ2n) is 1.78. The van der Waals surface area contributed by atoms with E-state index in [2.05, 4.69) is 0 Å². The van der Waals surface area contributed by atoms with Gasteiger partial charge in [0.15, 0.2) is 0 Å². The molecule has 4 N–H and O–H groups in total. The summed E-state index contributed by atoms with van der Waals surface area (Å²) in [6.45, 7) is 0. The first-order valence-electron chi connectivity index (χ1n) is 2.30. The van der Waals surface area contributed by atoms with Crippen molar-refractivity contribution in [2.75, 3.05) is 0 Å². The molecule has 0 aromatic heterocycles. The first-order chi connectivity index (χ1) is 4.21. The molecule has 6 nitrogen and oxygen atoms in total. The summed E-state index contributed by atoms with van der Waals surface area (Å²) in [5.74, 6) is 0. The zero-order valence-electron chi connectivity index (χ0n) is 4.91. The van der Waals surface area contributed by atoms with Crippen LogP contribution in [0.15, 0.2) is 0 Å². The van der Waals surface area contributed by atoms with Crippen LogP contribution in [0.4, 0.5) is 0 Å². The van der Waals surface area contributed by atoms with E-state index in [0.717, 1.165) is 0 Å². The molecular weight excluding hydrogens is 270 g/mol. The summed E-state index contributed by atoms with van der Waals surface area (Å²) in [5, 5.41) is -1.36. The van der Waals surface area contributed by atoms with E-state index >= 15 is 0 Å². The van der Waals surface area contributed by atoms with E-state index in [1.54, 1.807) is 0 Å². The van der Waals surface area contributed by atoms with Gasteiger partial charge in [-0.05, 0) is 0 Å². The van der Waals surface area contributed by atoms with E-state index < -0.39 is 38.8 Å². The van der Waals surface area contributed by atoms with E-state index in [1.165, 1.54) is 0 Å². The first kappa shape index (κ1) is 10.6. The Morgan fingerprint density at radius 2 is 1.00 bits per heavy atom. The van der Waals surface area contributed by atoms with E-state index in [0.29, 0.717) is 0 Å². The fraction of sp³-hybridized carbons (Fsp3) is 1.00. The Hall–Kier alpha value is 0.557. The molecular formula is C2H8As2O6. The second-order valence-corrected chi connectivity index (χ2v) is 9.23. The molecule has 0 saturated carbocycles. The van der Waals surface area contributed by atoms with Gasteiger partial charge in [-0.15, -0.1) is 0 Å². The Morgan fingerprint density at radius 3 is 1.10 bits per heavy atom. The van der Waals surface area contributed by atoms with Gasteiger partial charge in [-0.3, -0.25) is 0 Å². The molecule has 0 aromatic carbocycles. The zero-order chi connectivity index (χ0) is 8.41. The average Bonchev–Trinajstić information content (AvgIpc) is 1.57. The predicted molar refractivity (Wildman–Crippen MR) is 31.4 cm³/mol. The molecule has 0 unspecified atom stereocenters.